The third kappa shape index (κ3) is 9.41. The number of nitrogens with zero attached hydrogens (tertiary/aromatic N) is 1. The number of aliphatic imine (C=N–C) groups is 1. The van der Waals surface area contributed by atoms with Crippen LogP contribution in [0.1, 0.15) is 33.6 Å². The molecule has 0 saturated carbocycles. The first-order valence-corrected chi connectivity index (χ1v) is 4.36. The number of hydrogen-bond acceptors (Lipinski definition) is 1. The molecule has 0 N–H and O–H groups in total. The Bertz CT molecular complexity index is 123. The number of rotatable bonds is 5. The van der Waals surface area contributed by atoms with E-state index in [9.17, 15) is 0 Å². The molecule has 0 rings (SSSR count). The molecule has 0 aliphatic rings. The van der Waals surface area contributed by atoms with Gasteiger partial charge in [-0.2, -0.15) is 0 Å². The molecule has 0 radical (unpaired) electrons. The number of hydrogen-bond donors (Lipinski definition) is 0. The van der Waals surface area contributed by atoms with Crippen molar-refractivity contribution < 1.29 is 0 Å². The second-order valence-corrected chi connectivity index (χ2v) is 3.05. The Labute approximate surface area is 70.2 Å². The Kier molecular flexibility index (Phi) is 7.11. The second-order valence-electron chi connectivity index (χ2n) is 3.05. The summed E-state index contributed by atoms with van der Waals surface area (Å²) in [6, 6.07) is 0. The molecule has 64 valence electrons. The van der Waals surface area contributed by atoms with E-state index >= 15 is 0 Å². The summed E-state index contributed by atoms with van der Waals surface area (Å²) in [5.41, 5.74) is 0. The fourth-order valence-corrected chi connectivity index (χ4v) is 0.764. The molecule has 0 aliphatic heterocycles. The van der Waals surface area contributed by atoms with Crippen molar-refractivity contribution in [2.45, 2.75) is 33.6 Å². The monoisotopic (exact) mass is 153 g/mol. The Morgan fingerprint density at radius 1 is 1.27 bits per heavy atom. The van der Waals surface area contributed by atoms with Gasteiger partial charge in [-0.15, -0.1) is 0 Å². The molecule has 0 aromatic carbocycles. The smallest absolute Gasteiger partial charge is 0.0419 e. The van der Waals surface area contributed by atoms with Crippen LogP contribution in [0.15, 0.2) is 17.1 Å². The van der Waals surface area contributed by atoms with Crippen LogP contribution >= 0.6 is 0 Å². The van der Waals surface area contributed by atoms with E-state index in [1.807, 2.05) is 13.1 Å². The second kappa shape index (κ2) is 7.52. The van der Waals surface area contributed by atoms with Gasteiger partial charge in [-0.3, -0.25) is 4.99 Å². The minimum atomic E-state index is 0.779. The molecule has 0 heterocycles. The van der Waals surface area contributed by atoms with E-state index in [-0.39, 0.29) is 0 Å². The first kappa shape index (κ1) is 10.4. The van der Waals surface area contributed by atoms with E-state index in [2.05, 4.69) is 31.0 Å². The zero-order valence-electron chi connectivity index (χ0n) is 7.88. The van der Waals surface area contributed by atoms with Gasteiger partial charge >= 0.3 is 0 Å². The third-order valence-corrected chi connectivity index (χ3v) is 1.38. The highest BCUT2D eigenvalue weighted by atomic mass is 14.7. The highest BCUT2D eigenvalue weighted by Gasteiger charge is 1.85. The molecule has 0 saturated heterocycles. The van der Waals surface area contributed by atoms with Gasteiger partial charge in [0.25, 0.3) is 0 Å². The normalized spacial score (nSPS) is 12.4. The standard InChI is InChI=1S/C10H19N/c1-4-11-9-7-5-6-8-10(2)3/h4-6,10H,7-9H2,1-3H3/b6-5-,11-4+. The van der Waals surface area contributed by atoms with Gasteiger partial charge in [0.2, 0.25) is 0 Å². The van der Waals surface area contributed by atoms with Crippen molar-refractivity contribution in [3.8, 4) is 0 Å². The van der Waals surface area contributed by atoms with Crippen LogP contribution in [0, 0.1) is 5.92 Å². The highest BCUT2D eigenvalue weighted by Crippen LogP contribution is 2.00. The van der Waals surface area contributed by atoms with Gasteiger partial charge < -0.3 is 0 Å². The molecule has 0 spiro atoms. The van der Waals surface area contributed by atoms with Gasteiger partial charge in [0, 0.05) is 6.54 Å². The van der Waals surface area contributed by atoms with Gasteiger partial charge in [0.05, 0.1) is 0 Å². The van der Waals surface area contributed by atoms with Gasteiger partial charge in [0.15, 0.2) is 0 Å². The largest absolute Gasteiger partial charge is 0.298 e. The lowest BCUT2D eigenvalue weighted by Gasteiger charge is -1.95. The zero-order valence-corrected chi connectivity index (χ0v) is 7.88. The third-order valence-electron chi connectivity index (χ3n) is 1.38. The van der Waals surface area contributed by atoms with E-state index in [0.29, 0.717) is 0 Å². The molecule has 1 nitrogen and oxygen atoms in total. The Morgan fingerprint density at radius 3 is 2.55 bits per heavy atom. The van der Waals surface area contributed by atoms with E-state index in [4.69, 9.17) is 0 Å². The van der Waals surface area contributed by atoms with Crippen molar-refractivity contribution in [2.75, 3.05) is 6.54 Å². The minimum Gasteiger partial charge on any atom is -0.298 e. The van der Waals surface area contributed by atoms with Crippen LogP contribution in [-0.4, -0.2) is 12.8 Å². The first-order chi connectivity index (χ1) is 5.27. The van der Waals surface area contributed by atoms with Crippen molar-refractivity contribution in [3.63, 3.8) is 0 Å². The molecule has 11 heavy (non-hydrogen) atoms. The zero-order chi connectivity index (χ0) is 8.53. The van der Waals surface area contributed by atoms with Crippen LogP contribution in [0.25, 0.3) is 0 Å². The molecule has 1 heteroatoms. The summed E-state index contributed by atoms with van der Waals surface area (Å²) in [4.78, 5) is 4.11. The van der Waals surface area contributed by atoms with Crippen molar-refractivity contribution >= 4 is 6.21 Å². The maximum absolute atomic E-state index is 4.11. The molecule has 0 amide bonds. The van der Waals surface area contributed by atoms with Gasteiger partial charge in [0.1, 0.15) is 0 Å². The van der Waals surface area contributed by atoms with E-state index in [0.717, 1.165) is 18.9 Å². The van der Waals surface area contributed by atoms with Crippen molar-refractivity contribution in [3.05, 3.63) is 12.2 Å². The van der Waals surface area contributed by atoms with Crippen molar-refractivity contribution in [1.82, 2.24) is 0 Å². The molecule has 0 aliphatic carbocycles. The minimum absolute atomic E-state index is 0.779. The summed E-state index contributed by atoms with van der Waals surface area (Å²) in [5.74, 6) is 0.779. The average Bonchev–Trinajstić information content (AvgIpc) is 1.96. The van der Waals surface area contributed by atoms with Gasteiger partial charge in [-0.1, -0.05) is 26.0 Å². The van der Waals surface area contributed by atoms with Crippen molar-refractivity contribution in [1.29, 1.82) is 0 Å². The maximum Gasteiger partial charge on any atom is 0.0419 e. The quantitative estimate of drug-likeness (QED) is 0.327. The topological polar surface area (TPSA) is 12.4 Å². The summed E-state index contributed by atoms with van der Waals surface area (Å²) in [7, 11) is 0. The van der Waals surface area contributed by atoms with E-state index in [1.165, 1.54) is 6.42 Å². The molecular weight excluding hydrogens is 134 g/mol. The highest BCUT2D eigenvalue weighted by molar-refractivity contribution is 5.53. The predicted octanol–water partition coefficient (Wildman–Crippen LogP) is 3.07. The van der Waals surface area contributed by atoms with Crippen LogP contribution in [0.2, 0.25) is 0 Å². The van der Waals surface area contributed by atoms with Crippen LogP contribution in [0.4, 0.5) is 0 Å². The van der Waals surface area contributed by atoms with E-state index in [1.54, 1.807) is 0 Å². The molecule has 0 fully saturated rings. The molecule has 0 unspecified atom stereocenters. The Hall–Kier alpha value is -0.590. The predicted molar refractivity (Wildman–Crippen MR) is 52.2 cm³/mol. The lowest BCUT2D eigenvalue weighted by Crippen LogP contribution is -1.82. The SMILES string of the molecule is C/C=N/CC/C=C\CC(C)C. The molecule has 0 aromatic heterocycles. The van der Waals surface area contributed by atoms with Crippen molar-refractivity contribution in [2.24, 2.45) is 10.9 Å². The van der Waals surface area contributed by atoms with Crippen LogP contribution in [-0.2, 0) is 0 Å². The van der Waals surface area contributed by atoms with Crippen LogP contribution in [0.3, 0.4) is 0 Å². The summed E-state index contributed by atoms with van der Waals surface area (Å²) in [6.45, 7) is 7.35. The first-order valence-electron chi connectivity index (χ1n) is 4.36. The molecular formula is C10H19N. The van der Waals surface area contributed by atoms with E-state index < -0.39 is 0 Å². The van der Waals surface area contributed by atoms with Crippen LogP contribution in [0.5, 0.6) is 0 Å². The number of allylic oxidation sites excluding steroid dienone is 1. The van der Waals surface area contributed by atoms with Gasteiger partial charge in [-0.05, 0) is 31.9 Å². The summed E-state index contributed by atoms with van der Waals surface area (Å²) >= 11 is 0. The average molecular weight is 153 g/mol. The summed E-state index contributed by atoms with van der Waals surface area (Å²) in [6.07, 6.45) is 8.59. The lowest BCUT2D eigenvalue weighted by molar-refractivity contribution is 0.662. The molecule has 0 bridgehead atoms. The maximum atomic E-state index is 4.11. The summed E-state index contributed by atoms with van der Waals surface area (Å²) in [5, 5.41) is 0. The fraction of sp³-hybridized carbons (Fsp3) is 0.700. The lowest BCUT2D eigenvalue weighted by atomic mass is 10.1. The summed E-state index contributed by atoms with van der Waals surface area (Å²) < 4.78 is 0. The molecule has 0 aromatic rings. The van der Waals surface area contributed by atoms with Gasteiger partial charge in [-0.25, -0.2) is 0 Å². The van der Waals surface area contributed by atoms with Crippen LogP contribution < -0.4 is 0 Å². The fourth-order valence-electron chi connectivity index (χ4n) is 0.764. The Balaban J connectivity index is 3.16. The molecule has 0 atom stereocenters. The Morgan fingerprint density at radius 2 is 2.00 bits per heavy atom.